The standard InChI is InChI=1S/C16H14F2N4OS2/c1-9(11-5-4-10(17)7-12(11)18)19-14(23)8-22-15(20-21-16(22)24)13-3-2-6-25-13/h2-7,9H,8H2,1H3,(H,19,23)(H,21,24). The SMILES string of the molecule is CC(NC(=O)Cn1c(-c2cccs2)n[nH]c1=S)c1ccc(F)cc1F. The molecule has 2 heterocycles. The monoisotopic (exact) mass is 380 g/mol. The molecule has 3 aromatic rings. The van der Waals surface area contributed by atoms with Crippen molar-refractivity contribution >= 4 is 29.5 Å². The Hall–Kier alpha value is -2.39. The summed E-state index contributed by atoms with van der Waals surface area (Å²) in [6.45, 7) is 1.57. The molecule has 0 radical (unpaired) electrons. The van der Waals surface area contributed by atoms with Crippen molar-refractivity contribution in [2.75, 3.05) is 0 Å². The molecule has 2 N–H and O–H groups in total. The molecule has 0 aliphatic rings. The number of hydrogen-bond acceptors (Lipinski definition) is 4. The van der Waals surface area contributed by atoms with Gasteiger partial charge in [0, 0.05) is 11.6 Å². The number of hydrogen-bond donors (Lipinski definition) is 2. The maximum Gasteiger partial charge on any atom is 0.240 e. The second-order valence-electron chi connectivity index (χ2n) is 5.37. The van der Waals surface area contributed by atoms with Gasteiger partial charge in [0.2, 0.25) is 5.91 Å². The molecule has 2 aromatic heterocycles. The number of carbonyl (C=O) groups is 1. The summed E-state index contributed by atoms with van der Waals surface area (Å²) >= 11 is 6.65. The number of benzene rings is 1. The molecule has 25 heavy (non-hydrogen) atoms. The summed E-state index contributed by atoms with van der Waals surface area (Å²) in [5.74, 6) is -1.15. The largest absolute Gasteiger partial charge is 0.348 e. The number of aromatic amines is 1. The predicted octanol–water partition coefficient (Wildman–Crippen LogP) is 3.82. The third-order valence-corrected chi connectivity index (χ3v) is 4.79. The van der Waals surface area contributed by atoms with Crippen molar-refractivity contribution in [3.63, 3.8) is 0 Å². The minimum atomic E-state index is -0.702. The van der Waals surface area contributed by atoms with Crippen LogP contribution in [-0.2, 0) is 11.3 Å². The lowest BCUT2D eigenvalue weighted by atomic mass is 10.1. The maximum atomic E-state index is 13.8. The predicted molar refractivity (Wildman–Crippen MR) is 93.6 cm³/mol. The highest BCUT2D eigenvalue weighted by molar-refractivity contribution is 7.71. The normalized spacial score (nSPS) is 12.1. The number of carbonyl (C=O) groups excluding carboxylic acids is 1. The molecule has 0 aliphatic carbocycles. The van der Waals surface area contributed by atoms with Crippen LogP contribution in [0.3, 0.4) is 0 Å². The van der Waals surface area contributed by atoms with Gasteiger partial charge in [0.05, 0.1) is 10.9 Å². The Kier molecular flexibility index (Phi) is 5.05. The summed E-state index contributed by atoms with van der Waals surface area (Å²) in [5.41, 5.74) is 0.212. The van der Waals surface area contributed by atoms with Gasteiger partial charge in [0.25, 0.3) is 0 Å². The van der Waals surface area contributed by atoms with Crippen molar-refractivity contribution < 1.29 is 13.6 Å². The number of thiophene rings is 1. The highest BCUT2D eigenvalue weighted by atomic mass is 32.1. The fraction of sp³-hybridized carbons (Fsp3) is 0.188. The van der Waals surface area contributed by atoms with E-state index in [1.165, 1.54) is 17.4 Å². The smallest absolute Gasteiger partial charge is 0.240 e. The van der Waals surface area contributed by atoms with Crippen LogP contribution in [0, 0.1) is 16.4 Å². The Balaban J connectivity index is 1.75. The Morgan fingerprint density at radius 3 is 2.92 bits per heavy atom. The van der Waals surface area contributed by atoms with Crippen LogP contribution in [0.1, 0.15) is 18.5 Å². The van der Waals surface area contributed by atoms with Crippen LogP contribution in [0.15, 0.2) is 35.7 Å². The lowest BCUT2D eigenvalue weighted by Crippen LogP contribution is -2.30. The van der Waals surface area contributed by atoms with Gasteiger partial charge in [-0.2, -0.15) is 5.10 Å². The topological polar surface area (TPSA) is 62.7 Å². The molecule has 0 bridgehead atoms. The number of amides is 1. The van der Waals surface area contributed by atoms with Gasteiger partial charge in [-0.15, -0.1) is 11.3 Å². The van der Waals surface area contributed by atoms with Crippen molar-refractivity contribution in [1.82, 2.24) is 20.1 Å². The van der Waals surface area contributed by atoms with E-state index in [0.29, 0.717) is 10.6 Å². The average Bonchev–Trinajstić information content (AvgIpc) is 3.18. The second kappa shape index (κ2) is 7.24. The Labute approximate surface area is 151 Å². The number of rotatable bonds is 5. The van der Waals surface area contributed by atoms with Crippen LogP contribution in [0.4, 0.5) is 8.78 Å². The van der Waals surface area contributed by atoms with Gasteiger partial charge in [0.15, 0.2) is 10.6 Å². The fourth-order valence-corrected chi connectivity index (χ4v) is 3.34. The van der Waals surface area contributed by atoms with Crippen molar-refractivity contribution in [2.45, 2.75) is 19.5 Å². The van der Waals surface area contributed by atoms with E-state index in [0.717, 1.165) is 17.0 Å². The van der Waals surface area contributed by atoms with Crippen molar-refractivity contribution in [3.8, 4) is 10.7 Å². The number of H-pyrrole nitrogens is 1. The molecule has 0 saturated carbocycles. The molecule has 1 amide bonds. The van der Waals surface area contributed by atoms with E-state index >= 15 is 0 Å². The Morgan fingerprint density at radius 1 is 1.44 bits per heavy atom. The van der Waals surface area contributed by atoms with Crippen LogP contribution in [0.2, 0.25) is 0 Å². The van der Waals surface area contributed by atoms with Gasteiger partial charge >= 0.3 is 0 Å². The molecule has 1 aromatic carbocycles. The Bertz CT molecular complexity index is 949. The zero-order valence-electron chi connectivity index (χ0n) is 13.1. The van der Waals surface area contributed by atoms with E-state index in [9.17, 15) is 13.6 Å². The molecule has 0 aliphatic heterocycles. The minimum Gasteiger partial charge on any atom is -0.348 e. The fourth-order valence-electron chi connectivity index (χ4n) is 2.42. The van der Waals surface area contributed by atoms with Gasteiger partial charge < -0.3 is 5.32 Å². The highest BCUT2D eigenvalue weighted by Crippen LogP contribution is 2.23. The van der Waals surface area contributed by atoms with E-state index in [-0.39, 0.29) is 18.0 Å². The molecule has 5 nitrogen and oxygen atoms in total. The minimum absolute atomic E-state index is 0.0598. The number of aromatic nitrogens is 3. The van der Waals surface area contributed by atoms with E-state index in [1.54, 1.807) is 11.5 Å². The van der Waals surface area contributed by atoms with Gasteiger partial charge in [-0.1, -0.05) is 12.1 Å². The van der Waals surface area contributed by atoms with Crippen LogP contribution in [-0.4, -0.2) is 20.7 Å². The van der Waals surface area contributed by atoms with Crippen LogP contribution in [0.25, 0.3) is 10.7 Å². The van der Waals surface area contributed by atoms with E-state index in [1.807, 2.05) is 17.5 Å². The van der Waals surface area contributed by atoms with Gasteiger partial charge in [-0.3, -0.25) is 14.5 Å². The molecular weight excluding hydrogens is 366 g/mol. The molecule has 9 heteroatoms. The van der Waals surface area contributed by atoms with E-state index in [2.05, 4.69) is 15.5 Å². The van der Waals surface area contributed by atoms with Gasteiger partial charge in [-0.05, 0) is 36.7 Å². The van der Waals surface area contributed by atoms with E-state index < -0.39 is 17.7 Å². The van der Waals surface area contributed by atoms with Gasteiger partial charge in [-0.25, -0.2) is 8.78 Å². The number of nitrogens with zero attached hydrogens (tertiary/aromatic N) is 2. The first kappa shape index (κ1) is 17.4. The van der Waals surface area contributed by atoms with Gasteiger partial charge in [0.1, 0.15) is 18.2 Å². The molecule has 130 valence electrons. The average molecular weight is 380 g/mol. The summed E-state index contributed by atoms with van der Waals surface area (Å²) in [7, 11) is 0. The third-order valence-electron chi connectivity index (χ3n) is 3.61. The third kappa shape index (κ3) is 3.83. The zero-order chi connectivity index (χ0) is 18.0. The summed E-state index contributed by atoms with van der Waals surface area (Å²) in [4.78, 5) is 13.2. The second-order valence-corrected chi connectivity index (χ2v) is 6.71. The van der Waals surface area contributed by atoms with E-state index in [4.69, 9.17) is 12.2 Å². The molecule has 1 unspecified atom stereocenters. The summed E-state index contributed by atoms with van der Waals surface area (Å²) in [6.07, 6.45) is 0. The van der Waals surface area contributed by atoms with Crippen LogP contribution in [0.5, 0.6) is 0 Å². The van der Waals surface area contributed by atoms with Crippen LogP contribution < -0.4 is 5.32 Å². The number of nitrogens with one attached hydrogen (secondary N) is 2. The first-order valence-corrected chi connectivity index (χ1v) is 8.68. The lowest BCUT2D eigenvalue weighted by Gasteiger charge is -2.15. The Morgan fingerprint density at radius 2 is 2.24 bits per heavy atom. The summed E-state index contributed by atoms with van der Waals surface area (Å²) in [5, 5.41) is 11.4. The molecule has 1 atom stereocenters. The van der Waals surface area contributed by atoms with Crippen LogP contribution >= 0.6 is 23.6 Å². The van der Waals surface area contributed by atoms with Crippen molar-refractivity contribution in [1.29, 1.82) is 0 Å². The first-order valence-electron chi connectivity index (χ1n) is 7.39. The molecule has 0 fully saturated rings. The highest BCUT2D eigenvalue weighted by Gasteiger charge is 2.17. The molecule has 3 rings (SSSR count). The summed E-state index contributed by atoms with van der Waals surface area (Å²) < 4.78 is 28.7. The lowest BCUT2D eigenvalue weighted by molar-refractivity contribution is -0.122. The first-order chi connectivity index (χ1) is 12.0. The van der Waals surface area contributed by atoms with Crippen molar-refractivity contribution in [3.05, 3.63) is 57.7 Å². The molecule has 0 spiro atoms. The van der Waals surface area contributed by atoms with Crippen molar-refractivity contribution in [2.24, 2.45) is 0 Å². The summed E-state index contributed by atoms with van der Waals surface area (Å²) in [6, 6.07) is 6.40. The molecular formula is C16H14F2N4OS2. The zero-order valence-corrected chi connectivity index (χ0v) is 14.8. The number of halogens is 2. The maximum absolute atomic E-state index is 13.8. The quantitative estimate of drug-likeness (QED) is 0.662. The molecule has 0 saturated heterocycles.